The number of hydrogen-bond donors (Lipinski definition) is 0. The van der Waals surface area contributed by atoms with Gasteiger partial charge in [-0.25, -0.2) is 0 Å². The number of anilines is 3. The molecule has 3 heteroatoms. The van der Waals surface area contributed by atoms with E-state index < -0.39 is 5.41 Å². The van der Waals surface area contributed by atoms with Crippen LogP contribution in [-0.4, -0.2) is 0 Å². The fraction of sp³-hybridized carbons (Fsp3) is 0.0196. The number of rotatable bonds is 6. The van der Waals surface area contributed by atoms with Gasteiger partial charge in [-0.2, -0.15) is 0 Å². The third-order valence-electron chi connectivity index (χ3n) is 11.1. The van der Waals surface area contributed by atoms with Crippen LogP contribution >= 0.6 is 0 Å². The highest BCUT2D eigenvalue weighted by Crippen LogP contribution is 2.57. The summed E-state index contributed by atoms with van der Waals surface area (Å²) in [6.07, 6.45) is 0. The van der Waals surface area contributed by atoms with Crippen molar-refractivity contribution in [3.05, 3.63) is 222 Å². The van der Waals surface area contributed by atoms with E-state index in [4.69, 9.17) is 8.83 Å². The van der Waals surface area contributed by atoms with Gasteiger partial charge in [-0.05, 0) is 88.0 Å². The fourth-order valence-electron chi connectivity index (χ4n) is 8.86. The van der Waals surface area contributed by atoms with Gasteiger partial charge in [0.1, 0.15) is 22.5 Å². The second-order valence-corrected chi connectivity index (χ2v) is 14.0. The van der Waals surface area contributed by atoms with E-state index in [-0.39, 0.29) is 0 Å². The zero-order chi connectivity index (χ0) is 35.6. The summed E-state index contributed by atoms with van der Waals surface area (Å²) in [6, 6.07) is 71.5. The van der Waals surface area contributed by atoms with Crippen molar-refractivity contribution in [1.82, 2.24) is 0 Å². The molecule has 0 spiro atoms. The smallest absolute Gasteiger partial charge is 0.137 e. The van der Waals surface area contributed by atoms with Gasteiger partial charge in [0.15, 0.2) is 0 Å². The van der Waals surface area contributed by atoms with Crippen molar-refractivity contribution >= 4 is 50.0 Å². The van der Waals surface area contributed by atoms with Crippen molar-refractivity contribution in [2.75, 3.05) is 4.90 Å². The minimum Gasteiger partial charge on any atom is -0.456 e. The molecule has 11 rings (SSSR count). The lowest BCUT2D eigenvalue weighted by Crippen LogP contribution is -2.28. The molecule has 0 bridgehead atoms. The van der Waals surface area contributed by atoms with Crippen molar-refractivity contribution in [1.29, 1.82) is 0 Å². The zero-order valence-corrected chi connectivity index (χ0v) is 29.3. The van der Waals surface area contributed by atoms with Gasteiger partial charge < -0.3 is 13.7 Å². The molecule has 54 heavy (non-hydrogen) atoms. The Balaban J connectivity index is 1.20. The maximum absolute atomic E-state index is 6.46. The van der Waals surface area contributed by atoms with Gasteiger partial charge in [0.05, 0.1) is 16.5 Å². The Morgan fingerprint density at radius 3 is 1.83 bits per heavy atom. The predicted molar refractivity (Wildman–Crippen MR) is 221 cm³/mol. The summed E-state index contributed by atoms with van der Waals surface area (Å²) < 4.78 is 12.9. The first-order valence-corrected chi connectivity index (χ1v) is 18.4. The van der Waals surface area contributed by atoms with Crippen LogP contribution in [0, 0.1) is 0 Å². The molecule has 0 aliphatic heterocycles. The molecule has 0 saturated carbocycles. The maximum atomic E-state index is 6.46. The second-order valence-electron chi connectivity index (χ2n) is 14.0. The standard InChI is InChI=1S/C51H33NO2/c1-4-15-34(16-5-1)49-32-35-31-38(28-30-46(35)53-49)52(45-24-14-26-48-50(45)42-22-11-13-25-47(42)54-48)39-27-29-41-40-21-10-12-23-43(40)51(44(41)33-39,36-17-6-2-7-18-36)37-19-8-3-9-20-37/h1-33H. The number of furan rings is 2. The summed E-state index contributed by atoms with van der Waals surface area (Å²) in [5, 5.41) is 3.20. The van der Waals surface area contributed by atoms with E-state index in [1.807, 2.05) is 30.3 Å². The lowest BCUT2D eigenvalue weighted by Gasteiger charge is -2.35. The summed E-state index contributed by atoms with van der Waals surface area (Å²) in [4.78, 5) is 2.39. The van der Waals surface area contributed by atoms with Crippen molar-refractivity contribution in [3.63, 3.8) is 0 Å². The van der Waals surface area contributed by atoms with Crippen LogP contribution in [0.1, 0.15) is 22.3 Å². The molecule has 3 nitrogen and oxygen atoms in total. The molecule has 10 aromatic rings. The quantitative estimate of drug-likeness (QED) is 0.174. The van der Waals surface area contributed by atoms with Crippen LogP contribution in [0.15, 0.2) is 209 Å². The minimum absolute atomic E-state index is 0.524. The molecule has 0 saturated heterocycles. The van der Waals surface area contributed by atoms with Gasteiger partial charge in [-0.1, -0.05) is 146 Å². The van der Waals surface area contributed by atoms with E-state index in [1.54, 1.807) is 0 Å². The number of fused-ring (bicyclic) bond motifs is 7. The fourth-order valence-corrected chi connectivity index (χ4v) is 8.86. The van der Waals surface area contributed by atoms with Crippen LogP contribution in [0.5, 0.6) is 0 Å². The minimum atomic E-state index is -0.524. The number of nitrogens with zero attached hydrogens (tertiary/aromatic N) is 1. The monoisotopic (exact) mass is 691 g/mol. The molecular formula is C51H33NO2. The summed E-state index contributed by atoms with van der Waals surface area (Å²) in [5.41, 5.74) is 13.8. The Hall–Kier alpha value is -7.10. The predicted octanol–water partition coefficient (Wildman–Crippen LogP) is 13.8. The zero-order valence-electron chi connectivity index (χ0n) is 29.3. The largest absolute Gasteiger partial charge is 0.456 e. The molecule has 0 amide bonds. The lowest BCUT2D eigenvalue weighted by atomic mass is 9.67. The molecule has 0 fully saturated rings. The summed E-state index contributed by atoms with van der Waals surface area (Å²) in [6.45, 7) is 0. The lowest BCUT2D eigenvalue weighted by molar-refractivity contribution is 0.631. The Morgan fingerprint density at radius 2 is 1.04 bits per heavy atom. The van der Waals surface area contributed by atoms with Gasteiger partial charge in [0.2, 0.25) is 0 Å². The first kappa shape index (κ1) is 30.5. The van der Waals surface area contributed by atoms with E-state index in [9.17, 15) is 0 Å². The van der Waals surface area contributed by atoms with Crippen LogP contribution in [0.25, 0.3) is 55.4 Å². The van der Waals surface area contributed by atoms with Crippen molar-refractivity contribution in [2.24, 2.45) is 0 Å². The van der Waals surface area contributed by atoms with Gasteiger partial charge >= 0.3 is 0 Å². The Kier molecular flexibility index (Phi) is 6.77. The molecular weight excluding hydrogens is 659 g/mol. The summed E-state index contributed by atoms with van der Waals surface area (Å²) in [5.74, 6) is 0.850. The molecule has 8 aromatic carbocycles. The molecule has 0 N–H and O–H groups in total. The van der Waals surface area contributed by atoms with Crippen LogP contribution in [-0.2, 0) is 5.41 Å². The van der Waals surface area contributed by atoms with E-state index in [2.05, 4.69) is 175 Å². The number of benzene rings is 8. The van der Waals surface area contributed by atoms with Crippen LogP contribution in [0.3, 0.4) is 0 Å². The molecule has 2 aromatic heterocycles. The summed E-state index contributed by atoms with van der Waals surface area (Å²) in [7, 11) is 0. The molecule has 254 valence electrons. The first-order valence-electron chi connectivity index (χ1n) is 18.4. The van der Waals surface area contributed by atoms with Gasteiger partial charge in [-0.15, -0.1) is 0 Å². The van der Waals surface area contributed by atoms with Gasteiger partial charge in [0.25, 0.3) is 0 Å². The average Bonchev–Trinajstić information content (AvgIpc) is 3.93. The first-order chi connectivity index (χ1) is 26.8. The topological polar surface area (TPSA) is 29.5 Å². The Bertz CT molecular complexity index is 2950. The molecule has 0 unspecified atom stereocenters. The number of para-hydroxylation sites is 1. The molecule has 0 radical (unpaired) electrons. The third kappa shape index (κ3) is 4.49. The third-order valence-corrected chi connectivity index (χ3v) is 11.1. The van der Waals surface area contributed by atoms with Gasteiger partial charge in [0, 0.05) is 27.7 Å². The highest BCUT2D eigenvalue weighted by atomic mass is 16.3. The van der Waals surface area contributed by atoms with Crippen molar-refractivity contribution in [2.45, 2.75) is 5.41 Å². The van der Waals surface area contributed by atoms with E-state index in [0.29, 0.717) is 0 Å². The maximum Gasteiger partial charge on any atom is 0.137 e. The van der Waals surface area contributed by atoms with E-state index >= 15 is 0 Å². The highest BCUT2D eigenvalue weighted by Gasteiger charge is 2.46. The molecule has 0 atom stereocenters. The van der Waals surface area contributed by atoms with E-state index in [0.717, 1.165) is 61.3 Å². The SMILES string of the molecule is c1ccc(-c2cc3cc(N(c4ccc5c(c4)C(c4ccccc4)(c4ccccc4)c4ccccc4-5)c4cccc5oc6ccccc6c45)ccc3o2)cc1. The highest BCUT2D eigenvalue weighted by molar-refractivity contribution is 6.13. The van der Waals surface area contributed by atoms with Crippen molar-refractivity contribution < 1.29 is 8.83 Å². The summed E-state index contributed by atoms with van der Waals surface area (Å²) >= 11 is 0. The molecule has 2 heterocycles. The molecule has 1 aliphatic carbocycles. The van der Waals surface area contributed by atoms with Crippen LogP contribution in [0.2, 0.25) is 0 Å². The Morgan fingerprint density at radius 1 is 0.407 bits per heavy atom. The second kappa shape index (κ2) is 12.0. The van der Waals surface area contributed by atoms with Crippen LogP contribution < -0.4 is 4.90 Å². The van der Waals surface area contributed by atoms with Gasteiger partial charge in [-0.3, -0.25) is 0 Å². The van der Waals surface area contributed by atoms with E-state index in [1.165, 1.54) is 33.4 Å². The molecule has 1 aliphatic rings. The Labute approximate surface area is 313 Å². The normalized spacial score (nSPS) is 13.0. The van der Waals surface area contributed by atoms with Crippen LogP contribution in [0.4, 0.5) is 17.1 Å². The average molecular weight is 692 g/mol. The number of hydrogen-bond acceptors (Lipinski definition) is 3. The van der Waals surface area contributed by atoms with Crippen molar-refractivity contribution in [3.8, 4) is 22.5 Å².